The quantitative estimate of drug-likeness (QED) is 0.749. The monoisotopic (exact) mass is 226 g/mol. The second-order valence-corrected chi connectivity index (χ2v) is 5.24. The van der Waals surface area contributed by atoms with E-state index in [2.05, 4.69) is 37.9 Å². The zero-order chi connectivity index (χ0) is 12.0. The Morgan fingerprint density at radius 3 is 2.31 bits per heavy atom. The molecule has 2 nitrogen and oxygen atoms in total. The molecule has 0 spiro atoms. The van der Waals surface area contributed by atoms with Crippen molar-refractivity contribution >= 4 is 0 Å². The van der Waals surface area contributed by atoms with E-state index in [-0.39, 0.29) is 0 Å². The van der Waals surface area contributed by atoms with Crippen LogP contribution in [0.15, 0.2) is 0 Å². The third-order valence-corrected chi connectivity index (χ3v) is 4.28. The lowest BCUT2D eigenvalue weighted by Gasteiger charge is -2.50. The van der Waals surface area contributed by atoms with Gasteiger partial charge in [0.15, 0.2) is 0 Å². The van der Waals surface area contributed by atoms with Crippen molar-refractivity contribution in [1.82, 2.24) is 10.2 Å². The van der Waals surface area contributed by atoms with E-state index >= 15 is 0 Å². The number of hydrogen-bond donors (Lipinski definition) is 1. The molecule has 96 valence electrons. The van der Waals surface area contributed by atoms with Crippen molar-refractivity contribution in [3.8, 4) is 0 Å². The maximum atomic E-state index is 3.76. The largest absolute Gasteiger partial charge is 0.311 e. The van der Waals surface area contributed by atoms with E-state index in [1.165, 1.54) is 51.7 Å². The maximum absolute atomic E-state index is 3.76. The number of hydrogen-bond acceptors (Lipinski definition) is 2. The van der Waals surface area contributed by atoms with Crippen LogP contribution in [0.1, 0.15) is 59.8 Å². The summed E-state index contributed by atoms with van der Waals surface area (Å²) in [5, 5.41) is 3.76. The average molecular weight is 226 g/mol. The highest BCUT2D eigenvalue weighted by molar-refractivity contribution is 4.97. The zero-order valence-electron chi connectivity index (χ0n) is 11.7. The highest BCUT2D eigenvalue weighted by atomic mass is 15.3. The minimum atomic E-state index is 0.431. The fourth-order valence-corrected chi connectivity index (χ4v) is 3.06. The Balaban J connectivity index is 2.65. The van der Waals surface area contributed by atoms with Crippen LogP contribution >= 0.6 is 0 Å². The van der Waals surface area contributed by atoms with E-state index in [0.29, 0.717) is 5.54 Å². The van der Waals surface area contributed by atoms with Gasteiger partial charge in [0.25, 0.3) is 0 Å². The molecule has 0 aromatic rings. The summed E-state index contributed by atoms with van der Waals surface area (Å²) in [6.07, 6.45) is 6.44. The van der Waals surface area contributed by atoms with Gasteiger partial charge in [0.05, 0.1) is 0 Å². The first-order valence-electron chi connectivity index (χ1n) is 7.20. The van der Waals surface area contributed by atoms with Gasteiger partial charge >= 0.3 is 0 Å². The Kier molecular flexibility index (Phi) is 5.77. The lowest BCUT2D eigenvalue weighted by molar-refractivity contribution is 0.0299. The molecule has 1 heterocycles. The highest BCUT2D eigenvalue weighted by Crippen LogP contribution is 2.27. The van der Waals surface area contributed by atoms with Crippen LogP contribution in [0.2, 0.25) is 0 Å². The molecule has 0 aliphatic carbocycles. The van der Waals surface area contributed by atoms with Crippen LogP contribution in [-0.2, 0) is 0 Å². The van der Waals surface area contributed by atoms with Gasteiger partial charge in [0, 0.05) is 24.7 Å². The van der Waals surface area contributed by atoms with Gasteiger partial charge in [0.2, 0.25) is 0 Å². The van der Waals surface area contributed by atoms with Crippen molar-refractivity contribution in [2.75, 3.05) is 19.6 Å². The molecule has 0 saturated carbocycles. The van der Waals surface area contributed by atoms with Crippen LogP contribution in [0, 0.1) is 0 Å². The van der Waals surface area contributed by atoms with Gasteiger partial charge in [-0.15, -0.1) is 0 Å². The first kappa shape index (κ1) is 14.0. The molecule has 1 atom stereocenters. The Labute approximate surface area is 102 Å². The zero-order valence-corrected chi connectivity index (χ0v) is 11.7. The molecule has 1 fully saturated rings. The summed E-state index contributed by atoms with van der Waals surface area (Å²) < 4.78 is 0. The van der Waals surface area contributed by atoms with Gasteiger partial charge < -0.3 is 5.32 Å². The summed E-state index contributed by atoms with van der Waals surface area (Å²) in [4.78, 5) is 2.75. The van der Waals surface area contributed by atoms with Gasteiger partial charge in [-0.3, -0.25) is 4.90 Å². The average Bonchev–Trinajstić information content (AvgIpc) is 2.31. The Bertz CT molecular complexity index is 187. The third-order valence-electron chi connectivity index (χ3n) is 4.28. The number of nitrogens with zero attached hydrogens (tertiary/aromatic N) is 1. The number of piperazine rings is 1. The second-order valence-electron chi connectivity index (χ2n) is 5.24. The minimum absolute atomic E-state index is 0.431. The van der Waals surface area contributed by atoms with E-state index in [4.69, 9.17) is 0 Å². The predicted molar refractivity (Wildman–Crippen MR) is 71.9 cm³/mol. The highest BCUT2D eigenvalue weighted by Gasteiger charge is 2.37. The molecule has 0 amide bonds. The minimum Gasteiger partial charge on any atom is -0.311 e. The maximum Gasteiger partial charge on any atom is 0.0329 e. The van der Waals surface area contributed by atoms with E-state index in [9.17, 15) is 0 Å². The molecule has 0 aromatic heterocycles. The molecule has 1 unspecified atom stereocenters. The summed E-state index contributed by atoms with van der Waals surface area (Å²) in [5.74, 6) is 0. The van der Waals surface area contributed by atoms with Crippen LogP contribution in [0.4, 0.5) is 0 Å². The molecule has 2 heteroatoms. The van der Waals surface area contributed by atoms with Crippen molar-refractivity contribution in [2.24, 2.45) is 0 Å². The molecule has 1 aliphatic heterocycles. The number of rotatable bonds is 6. The Morgan fingerprint density at radius 1 is 1.12 bits per heavy atom. The fourth-order valence-electron chi connectivity index (χ4n) is 3.06. The van der Waals surface area contributed by atoms with Gasteiger partial charge in [-0.05, 0) is 32.2 Å². The molecule has 1 rings (SSSR count). The summed E-state index contributed by atoms with van der Waals surface area (Å²) in [6.45, 7) is 13.0. The summed E-state index contributed by atoms with van der Waals surface area (Å²) in [5.41, 5.74) is 0.431. The normalized spacial score (nSPS) is 25.9. The molecule has 1 saturated heterocycles. The molecule has 1 aliphatic rings. The SMILES string of the molecule is CCCC1CN(CCC)C(CC)(CC)CN1. The first-order chi connectivity index (χ1) is 7.72. The van der Waals surface area contributed by atoms with Crippen molar-refractivity contribution in [3.63, 3.8) is 0 Å². The first-order valence-corrected chi connectivity index (χ1v) is 7.20. The van der Waals surface area contributed by atoms with E-state index in [1.54, 1.807) is 0 Å². The van der Waals surface area contributed by atoms with Crippen molar-refractivity contribution in [3.05, 3.63) is 0 Å². The van der Waals surface area contributed by atoms with E-state index < -0.39 is 0 Å². The molecule has 1 N–H and O–H groups in total. The molecule has 0 aromatic carbocycles. The second kappa shape index (κ2) is 6.61. The van der Waals surface area contributed by atoms with E-state index in [0.717, 1.165) is 6.04 Å². The number of nitrogens with one attached hydrogen (secondary N) is 1. The third kappa shape index (κ3) is 2.98. The lowest BCUT2D eigenvalue weighted by Crippen LogP contribution is -2.64. The molecule has 0 radical (unpaired) electrons. The Hall–Kier alpha value is -0.0800. The summed E-state index contributed by atoms with van der Waals surface area (Å²) >= 11 is 0. The fraction of sp³-hybridized carbons (Fsp3) is 1.00. The molecule has 16 heavy (non-hydrogen) atoms. The lowest BCUT2D eigenvalue weighted by atomic mass is 9.86. The summed E-state index contributed by atoms with van der Waals surface area (Å²) in [6, 6.07) is 0.725. The summed E-state index contributed by atoms with van der Waals surface area (Å²) in [7, 11) is 0. The van der Waals surface area contributed by atoms with Crippen molar-refractivity contribution in [2.45, 2.75) is 71.4 Å². The van der Waals surface area contributed by atoms with Gasteiger partial charge in [0.1, 0.15) is 0 Å². The van der Waals surface area contributed by atoms with Gasteiger partial charge in [-0.1, -0.05) is 34.1 Å². The Morgan fingerprint density at radius 2 is 1.81 bits per heavy atom. The smallest absolute Gasteiger partial charge is 0.0329 e. The van der Waals surface area contributed by atoms with E-state index in [1.807, 2.05) is 0 Å². The van der Waals surface area contributed by atoms with Crippen LogP contribution < -0.4 is 5.32 Å². The van der Waals surface area contributed by atoms with Gasteiger partial charge in [-0.25, -0.2) is 0 Å². The predicted octanol–water partition coefficient (Wildman–Crippen LogP) is 3.03. The van der Waals surface area contributed by atoms with Crippen LogP contribution in [0.3, 0.4) is 0 Å². The molecule has 0 bridgehead atoms. The standard InChI is InChI=1S/C14H30N2/c1-5-9-13-11-16(10-6-2)14(7-3,8-4)12-15-13/h13,15H,5-12H2,1-4H3. The van der Waals surface area contributed by atoms with Crippen molar-refractivity contribution in [1.29, 1.82) is 0 Å². The van der Waals surface area contributed by atoms with Gasteiger partial charge in [-0.2, -0.15) is 0 Å². The molecular weight excluding hydrogens is 196 g/mol. The van der Waals surface area contributed by atoms with Crippen LogP contribution in [0.5, 0.6) is 0 Å². The van der Waals surface area contributed by atoms with Crippen LogP contribution in [-0.4, -0.2) is 36.1 Å². The topological polar surface area (TPSA) is 15.3 Å². The van der Waals surface area contributed by atoms with Crippen LogP contribution in [0.25, 0.3) is 0 Å². The van der Waals surface area contributed by atoms with Crippen molar-refractivity contribution < 1.29 is 0 Å². The molecular formula is C14H30N2.